The summed E-state index contributed by atoms with van der Waals surface area (Å²) in [6.45, 7) is 1.16. The molecule has 0 aliphatic carbocycles. The van der Waals surface area contributed by atoms with Crippen molar-refractivity contribution in [3.8, 4) is 0 Å². The lowest BCUT2D eigenvalue weighted by molar-refractivity contribution is -0.0441. The standard InChI is InChI=1S/C10H12N2O3/c11-12-9(13)7-2-1-3-8(6-7)10-14-4-5-15-10/h1-3,6,10H,4-5,11H2,(H,12,13). The normalized spacial score (nSPS) is 16.6. The lowest BCUT2D eigenvalue weighted by Gasteiger charge is -2.10. The molecule has 15 heavy (non-hydrogen) atoms. The van der Waals surface area contributed by atoms with Gasteiger partial charge in [0.05, 0.1) is 13.2 Å². The number of nitrogens with two attached hydrogens (primary N) is 1. The van der Waals surface area contributed by atoms with E-state index in [4.69, 9.17) is 15.3 Å². The van der Waals surface area contributed by atoms with Gasteiger partial charge >= 0.3 is 0 Å². The van der Waals surface area contributed by atoms with Gasteiger partial charge in [-0.3, -0.25) is 10.2 Å². The van der Waals surface area contributed by atoms with Crippen molar-refractivity contribution in [3.05, 3.63) is 35.4 Å². The third kappa shape index (κ3) is 2.15. The van der Waals surface area contributed by atoms with Crippen molar-refractivity contribution in [1.82, 2.24) is 5.43 Å². The van der Waals surface area contributed by atoms with E-state index in [1.807, 2.05) is 6.07 Å². The fourth-order valence-corrected chi connectivity index (χ4v) is 1.46. The summed E-state index contributed by atoms with van der Waals surface area (Å²) in [6.07, 6.45) is -0.365. The van der Waals surface area contributed by atoms with Crippen molar-refractivity contribution in [3.63, 3.8) is 0 Å². The molecule has 1 saturated heterocycles. The molecule has 1 heterocycles. The Morgan fingerprint density at radius 2 is 2.13 bits per heavy atom. The maximum atomic E-state index is 11.3. The minimum Gasteiger partial charge on any atom is -0.346 e. The molecule has 1 aliphatic heterocycles. The van der Waals surface area contributed by atoms with Crippen LogP contribution in [0, 0.1) is 0 Å². The molecule has 1 amide bonds. The zero-order valence-electron chi connectivity index (χ0n) is 8.10. The molecule has 1 aromatic rings. The van der Waals surface area contributed by atoms with Gasteiger partial charge in [0.1, 0.15) is 0 Å². The number of hydrogen-bond acceptors (Lipinski definition) is 4. The number of ether oxygens (including phenoxy) is 2. The van der Waals surface area contributed by atoms with Crippen molar-refractivity contribution in [1.29, 1.82) is 0 Å². The van der Waals surface area contributed by atoms with E-state index in [9.17, 15) is 4.79 Å². The Balaban J connectivity index is 2.21. The highest BCUT2D eigenvalue weighted by Crippen LogP contribution is 2.23. The molecule has 0 saturated carbocycles. The predicted molar refractivity (Wildman–Crippen MR) is 52.7 cm³/mol. The largest absolute Gasteiger partial charge is 0.346 e. The highest BCUT2D eigenvalue weighted by atomic mass is 16.7. The molecule has 5 nitrogen and oxygen atoms in total. The maximum Gasteiger partial charge on any atom is 0.265 e. The minimum atomic E-state index is -0.365. The molecule has 0 unspecified atom stereocenters. The molecule has 1 aliphatic rings. The monoisotopic (exact) mass is 208 g/mol. The first kappa shape index (κ1) is 10.1. The zero-order valence-corrected chi connectivity index (χ0v) is 8.10. The molecule has 0 spiro atoms. The molecule has 5 heteroatoms. The number of hydrogen-bond donors (Lipinski definition) is 2. The molecule has 2 rings (SSSR count). The number of nitrogen functional groups attached to an aromatic ring is 1. The van der Waals surface area contributed by atoms with Gasteiger partial charge in [-0.2, -0.15) is 0 Å². The summed E-state index contributed by atoms with van der Waals surface area (Å²) in [5.74, 6) is 4.72. The summed E-state index contributed by atoms with van der Waals surface area (Å²) in [5.41, 5.74) is 3.40. The van der Waals surface area contributed by atoms with Crippen molar-refractivity contribution in [2.24, 2.45) is 5.84 Å². The predicted octanol–water partition coefficient (Wildman–Crippen LogP) is 0.335. The van der Waals surface area contributed by atoms with Gasteiger partial charge in [-0.1, -0.05) is 12.1 Å². The SMILES string of the molecule is NNC(=O)c1cccc(C2OCCO2)c1. The Morgan fingerprint density at radius 1 is 1.40 bits per heavy atom. The third-order valence-corrected chi connectivity index (χ3v) is 2.17. The van der Waals surface area contributed by atoms with Crippen LogP contribution in [0.1, 0.15) is 22.2 Å². The Kier molecular flexibility index (Phi) is 2.96. The smallest absolute Gasteiger partial charge is 0.265 e. The van der Waals surface area contributed by atoms with Crippen LogP contribution in [0.15, 0.2) is 24.3 Å². The molecule has 80 valence electrons. The molecule has 0 aromatic heterocycles. The second-order valence-corrected chi connectivity index (χ2v) is 3.17. The maximum absolute atomic E-state index is 11.3. The fourth-order valence-electron chi connectivity index (χ4n) is 1.46. The number of carbonyl (C=O) groups excluding carboxylic acids is 1. The van der Waals surface area contributed by atoms with Crippen molar-refractivity contribution in [2.45, 2.75) is 6.29 Å². The first-order valence-electron chi connectivity index (χ1n) is 4.65. The topological polar surface area (TPSA) is 73.6 Å². The van der Waals surface area contributed by atoms with E-state index < -0.39 is 0 Å². The summed E-state index contributed by atoms with van der Waals surface area (Å²) in [4.78, 5) is 11.3. The number of amides is 1. The highest BCUT2D eigenvalue weighted by molar-refractivity contribution is 5.93. The van der Waals surface area contributed by atoms with E-state index in [1.54, 1.807) is 18.2 Å². The molecule has 1 fully saturated rings. The van der Waals surface area contributed by atoms with E-state index in [-0.39, 0.29) is 12.2 Å². The Hall–Kier alpha value is -1.43. The molecule has 0 radical (unpaired) electrons. The van der Waals surface area contributed by atoms with Crippen LogP contribution >= 0.6 is 0 Å². The first-order chi connectivity index (χ1) is 7.31. The lowest BCUT2D eigenvalue weighted by atomic mass is 10.1. The summed E-state index contributed by atoms with van der Waals surface area (Å²) in [7, 11) is 0. The summed E-state index contributed by atoms with van der Waals surface area (Å²) in [6, 6.07) is 7.01. The van der Waals surface area contributed by atoms with Crippen LogP contribution in [0.2, 0.25) is 0 Å². The van der Waals surface area contributed by atoms with Crippen LogP contribution in [-0.2, 0) is 9.47 Å². The van der Waals surface area contributed by atoms with E-state index >= 15 is 0 Å². The number of carbonyl (C=O) groups is 1. The second-order valence-electron chi connectivity index (χ2n) is 3.17. The Morgan fingerprint density at radius 3 is 2.80 bits per heavy atom. The molecule has 0 bridgehead atoms. The molecule has 1 aromatic carbocycles. The minimum absolute atomic E-state index is 0.324. The van der Waals surface area contributed by atoms with Gasteiger partial charge in [0.25, 0.3) is 5.91 Å². The second kappa shape index (κ2) is 4.39. The van der Waals surface area contributed by atoms with E-state index in [0.717, 1.165) is 5.56 Å². The van der Waals surface area contributed by atoms with E-state index in [0.29, 0.717) is 18.8 Å². The molecule has 3 N–H and O–H groups in total. The van der Waals surface area contributed by atoms with Gasteiger partial charge in [0.2, 0.25) is 0 Å². The average molecular weight is 208 g/mol. The average Bonchev–Trinajstić information content (AvgIpc) is 2.82. The van der Waals surface area contributed by atoms with Gasteiger partial charge in [-0.05, 0) is 12.1 Å². The quantitative estimate of drug-likeness (QED) is 0.417. The van der Waals surface area contributed by atoms with Gasteiger partial charge in [0.15, 0.2) is 6.29 Å². The first-order valence-corrected chi connectivity index (χ1v) is 4.65. The lowest BCUT2D eigenvalue weighted by Crippen LogP contribution is -2.30. The van der Waals surface area contributed by atoms with Crippen LogP contribution < -0.4 is 11.3 Å². The number of rotatable bonds is 2. The molecule has 0 atom stereocenters. The Bertz CT molecular complexity index is 361. The van der Waals surface area contributed by atoms with Crippen LogP contribution in [0.3, 0.4) is 0 Å². The summed E-state index contributed by atoms with van der Waals surface area (Å²) < 4.78 is 10.6. The van der Waals surface area contributed by atoms with Crippen LogP contribution in [0.4, 0.5) is 0 Å². The van der Waals surface area contributed by atoms with Gasteiger partial charge in [-0.25, -0.2) is 5.84 Å². The van der Waals surface area contributed by atoms with Crippen LogP contribution in [-0.4, -0.2) is 19.1 Å². The number of nitrogens with one attached hydrogen (secondary N) is 1. The molecular weight excluding hydrogens is 196 g/mol. The van der Waals surface area contributed by atoms with Crippen LogP contribution in [0.25, 0.3) is 0 Å². The van der Waals surface area contributed by atoms with Crippen molar-refractivity contribution >= 4 is 5.91 Å². The van der Waals surface area contributed by atoms with Gasteiger partial charge in [0, 0.05) is 11.1 Å². The van der Waals surface area contributed by atoms with Crippen LogP contribution in [0.5, 0.6) is 0 Å². The third-order valence-electron chi connectivity index (χ3n) is 2.17. The Labute approximate surface area is 87.1 Å². The van der Waals surface area contributed by atoms with E-state index in [2.05, 4.69) is 5.43 Å². The molecular formula is C10H12N2O3. The van der Waals surface area contributed by atoms with Gasteiger partial charge in [-0.15, -0.1) is 0 Å². The zero-order chi connectivity index (χ0) is 10.7. The number of hydrazine groups is 1. The fraction of sp³-hybridized carbons (Fsp3) is 0.300. The van der Waals surface area contributed by atoms with Crippen molar-refractivity contribution < 1.29 is 14.3 Å². The summed E-state index contributed by atoms with van der Waals surface area (Å²) >= 11 is 0. The number of benzene rings is 1. The van der Waals surface area contributed by atoms with E-state index in [1.165, 1.54) is 0 Å². The van der Waals surface area contributed by atoms with Crippen molar-refractivity contribution in [2.75, 3.05) is 13.2 Å². The van der Waals surface area contributed by atoms with Gasteiger partial charge < -0.3 is 9.47 Å². The summed E-state index contributed by atoms with van der Waals surface area (Å²) in [5, 5.41) is 0. The highest BCUT2D eigenvalue weighted by Gasteiger charge is 2.18.